The Morgan fingerprint density at radius 3 is 2.78 bits per heavy atom. The molecule has 122 valence electrons. The van der Waals surface area contributed by atoms with Crippen molar-refractivity contribution in [2.45, 2.75) is 31.7 Å². The fraction of sp³-hybridized carbons (Fsp3) is 0.312. The lowest BCUT2D eigenvalue weighted by Gasteiger charge is -2.08. The molecule has 1 heterocycles. The second kappa shape index (κ2) is 8.50. The molecule has 0 fully saturated rings. The first kappa shape index (κ1) is 17.2. The molecule has 1 aromatic heterocycles. The molecule has 2 N–H and O–H groups in total. The van der Waals surface area contributed by atoms with E-state index >= 15 is 0 Å². The van der Waals surface area contributed by atoms with Crippen molar-refractivity contribution in [3.05, 3.63) is 52.4 Å². The third kappa shape index (κ3) is 6.25. The Hall–Kier alpha value is -2.12. The van der Waals surface area contributed by atoms with Crippen molar-refractivity contribution in [1.82, 2.24) is 9.97 Å². The van der Waals surface area contributed by atoms with E-state index in [1.165, 1.54) is 17.8 Å². The number of amides is 1. The summed E-state index contributed by atoms with van der Waals surface area (Å²) in [6, 6.07) is 10.6. The molecule has 0 unspecified atom stereocenters. The minimum atomic E-state index is -0.256. The largest absolute Gasteiger partial charge is 0.373 e. The van der Waals surface area contributed by atoms with Gasteiger partial charge >= 0.3 is 0 Å². The summed E-state index contributed by atoms with van der Waals surface area (Å²) in [5, 5.41) is 3.18. The van der Waals surface area contributed by atoms with Crippen LogP contribution in [0.4, 0.5) is 5.69 Å². The SMILES string of the molecule is CC(C)OCc1cc(=O)[nH]c(SCC(=O)Nc2ccccc2)n1. The smallest absolute Gasteiger partial charge is 0.251 e. The quantitative estimate of drug-likeness (QED) is 0.600. The molecule has 0 radical (unpaired) electrons. The highest BCUT2D eigenvalue weighted by molar-refractivity contribution is 7.99. The van der Waals surface area contributed by atoms with Crippen LogP contribution in [0.3, 0.4) is 0 Å². The van der Waals surface area contributed by atoms with Gasteiger partial charge in [-0.25, -0.2) is 4.98 Å². The predicted molar refractivity (Wildman–Crippen MR) is 90.6 cm³/mol. The van der Waals surface area contributed by atoms with E-state index in [9.17, 15) is 9.59 Å². The zero-order chi connectivity index (χ0) is 16.7. The average molecular weight is 333 g/mol. The second-order valence-electron chi connectivity index (χ2n) is 5.10. The van der Waals surface area contributed by atoms with Gasteiger partial charge in [-0.3, -0.25) is 9.59 Å². The van der Waals surface area contributed by atoms with E-state index < -0.39 is 0 Å². The fourth-order valence-corrected chi connectivity index (χ4v) is 2.42. The summed E-state index contributed by atoms with van der Waals surface area (Å²) in [7, 11) is 0. The number of nitrogens with zero attached hydrogens (tertiary/aromatic N) is 1. The maximum atomic E-state index is 11.9. The third-order valence-corrected chi connectivity index (χ3v) is 3.61. The van der Waals surface area contributed by atoms with Crippen LogP contribution in [0, 0.1) is 0 Å². The van der Waals surface area contributed by atoms with Crippen LogP contribution in [-0.4, -0.2) is 27.7 Å². The van der Waals surface area contributed by atoms with E-state index in [-0.39, 0.29) is 29.9 Å². The molecule has 2 aromatic rings. The number of nitrogens with one attached hydrogen (secondary N) is 2. The molecule has 6 nitrogen and oxygen atoms in total. The molecule has 2 rings (SSSR count). The van der Waals surface area contributed by atoms with Gasteiger partial charge in [-0.1, -0.05) is 30.0 Å². The van der Waals surface area contributed by atoms with E-state index in [4.69, 9.17) is 4.74 Å². The van der Waals surface area contributed by atoms with Crippen LogP contribution in [0.1, 0.15) is 19.5 Å². The van der Waals surface area contributed by atoms with E-state index in [0.717, 1.165) is 5.69 Å². The summed E-state index contributed by atoms with van der Waals surface area (Å²) >= 11 is 1.18. The number of para-hydroxylation sites is 1. The first-order chi connectivity index (χ1) is 11.0. The van der Waals surface area contributed by atoms with Crippen molar-refractivity contribution < 1.29 is 9.53 Å². The normalized spacial score (nSPS) is 10.7. The monoisotopic (exact) mass is 333 g/mol. The number of carbonyl (C=O) groups excluding carboxylic acids is 1. The lowest BCUT2D eigenvalue weighted by Crippen LogP contribution is -2.16. The maximum absolute atomic E-state index is 11.9. The number of rotatable bonds is 7. The molecule has 0 saturated carbocycles. The highest BCUT2D eigenvalue weighted by atomic mass is 32.2. The highest BCUT2D eigenvalue weighted by Crippen LogP contribution is 2.13. The predicted octanol–water partition coefficient (Wildman–Crippen LogP) is 2.43. The Bertz CT molecular complexity index is 701. The number of aromatic amines is 1. The molecule has 0 spiro atoms. The van der Waals surface area contributed by atoms with Crippen LogP contribution in [0.5, 0.6) is 0 Å². The molecule has 1 aromatic carbocycles. The Labute approximate surface area is 138 Å². The number of ether oxygens (including phenoxy) is 1. The molecule has 0 aliphatic carbocycles. The molecule has 1 amide bonds. The molecule has 0 aliphatic heterocycles. The number of hydrogen-bond acceptors (Lipinski definition) is 5. The van der Waals surface area contributed by atoms with E-state index in [1.54, 1.807) is 0 Å². The Kier molecular flexibility index (Phi) is 6.37. The van der Waals surface area contributed by atoms with Crippen LogP contribution >= 0.6 is 11.8 Å². The number of thioether (sulfide) groups is 1. The molecular weight excluding hydrogens is 314 g/mol. The molecule has 0 atom stereocenters. The van der Waals surface area contributed by atoms with Crippen LogP contribution < -0.4 is 10.9 Å². The van der Waals surface area contributed by atoms with Gasteiger partial charge in [-0.15, -0.1) is 0 Å². The minimum absolute atomic E-state index is 0.0591. The van der Waals surface area contributed by atoms with E-state index in [1.807, 2.05) is 44.2 Å². The third-order valence-electron chi connectivity index (χ3n) is 2.74. The Balaban J connectivity index is 1.92. The first-order valence-corrected chi connectivity index (χ1v) is 8.21. The topological polar surface area (TPSA) is 84.1 Å². The van der Waals surface area contributed by atoms with Crippen LogP contribution in [0.2, 0.25) is 0 Å². The Morgan fingerprint density at radius 2 is 2.09 bits per heavy atom. The molecule has 0 aliphatic rings. The highest BCUT2D eigenvalue weighted by Gasteiger charge is 2.07. The van der Waals surface area contributed by atoms with E-state index in [2.05, 4.69) is 15.3 Å². The number of hydrogen-bond donors (Lipinski definition) is 2. The number of anilines is 1. The lowest BCUT2D eigenvalue weighted by atomic mass is 10.3. The molecule has 0 bridgehead atoms. The Morgan fingerprint density at radius 1 is 1.35 bits per heavy atom. The van der Waals surface area contributed by atoms with Crippen molar-refractivity contribution in [2.75, 3.05) is 11.1 Å². The van der Waals surface area contributed by atoms with Gasteiger partial charge in [0.25, 0.3) is 5.56 Å². The van der Waals surface area contributed by atoms with E-state index in [0.29, 0.717) is 10.9 Å². The van der Waals surface area contributed by atoms with Gasteiger partial charge in [-0.2, -0.15) is 0 Å². The zero-order valence-corrected chi connectivity index (χ0v) is 13.9. The molecule has 0 saturated heterocycles. The summed E-state index contributed by atoms with van der Waals surface area (Å²) in [5.74, 6) is -0.000500. The standard InChI is InChI=1S/C16H19N3O3S/c1-11(2)22-9-13-8-14(20)19-16(18-13)23-10-15(21)17-12-6-4-3-5-7-12/h3-8,11H,9-10H2,1-2H3,(H,17,21)(H,18,19,20). The molecular formula is C16H19N3O3S. The van der Waals surface area contributed by atoms with Gasteiger partial charge in [0.1, 0.15) is 0 Å². The molecule has 7 heteroatoms. The number of benzene rings is 1. The summed E-state index contributed by atoms with van der Waals surface area (Å²) in [4.78, 5) is 30.4. The van der Waals surface area contributed by atoms with Gasteiger partial charge in [0, 0.05) is 11.8 Å². The number of H-pyrrole nitrogens is 1. The van der Waals surface area contributed by atoms with Crippen LogP contribution in [-0.2, 0) is 16.1 Å². The van der Waals surface area contributed by atoms with Gasteiger partial charge in [-0.05, 0) is 26.0 Å². The average Bonchev–Trinajstić information content (AvgIpc) is 2.51. The number of aromatic nitrogens is 2. The second-order valence-corrected chi connectivity index (χ2v) is 6.07. The fourth-order valence-electron chi connectivity index (χ4n) is 1.73. The number of carbonyl (C=O) groups is 1. The van der Waals surface area contributed by atoms with Crippen molar-refractivity contribution in [1.29, 1.82) is 0 Å². The zero-order valence-electron chi connectivity index (χ0n) is 13.0. The summed E-state index contributed by atoms with van der Waals surface area (Å²) in [5.41, 5.74) is 1.03. The lowest BCUT2D eigenvalue weighted by molar-refractivity contribution is -0.113. The van der Waals surface area contributed by atoms with Gasteiger partial charge in [0.2, 0.25) is 5.91 Å². The maximum Gasteiger partial charge on any atom is 0.251 e. The first-order valence-electron chi connectivity index (χ1n) is 7.22. The molecule has 23 heavy (non-hydrogen) atoms. The summed E-state index contributed by atoms with van der Waals surface area (Å²) in [6.45, 7) is 4.10. The van der Waals surface area contributed by atoms with Gasteiger partial charge < -0.3 is 15.0 Å². The minimum Gasteiger partial charge on any atom is -0.373 e. The van der Waals surface area contributed by atoms with Crippen molar-refractivity contribution >= 4 is 23.4 Å². The van der Waals surface area contributed by atoms with Gasteiger partial charge in [0.15, 0.2) is 5.16 Å². The van der Waals surface area contributed by atoms with Crippen molar-refractivity contribution in [2.24, 2.45) is 0 Å². The summed E-state index contributed by atoms with van der Waals surface area (Å²) in [6.07, 6.45) is 0.0591. The van der Waals surface area contributed by atoms with Gasteiger partial charge in [0.05, 0.1) is 24.2 Å². The van der Waals surface area contributed by atoms with Crippen LogP contribution in [0.15, 0.2) is 46.3 Å². The van der Waals surface area contributed by atoms with Crippen molar-refractivity contribution in [3.8, 4) is 0 Å². The van der Waals surface area contributed by atoms with Crippen LogP contribution in [0.25, 0.3) is 0 Å². The summed E-state index contributed by atoms with van der Waals surface area (Å²) < 4.78 is 5.44. The van der Waals surface area contributed by atoms with Crippen molar-refractivity contribution in [3.63, 3.8) is 0 Å².